The number of fused-ring (bicyclic) bond motifs is 1. The van der Waals surface area contributed by atoms with E-state index < -0.39 is 0 Å². The molecule has 0 aliphatic heterocycles. The minimum absolute atomic E-state index is 0.210. The molecule has 0 radical (unpaired) electrons. The van der Waals surface area contributed by atoms with E-state index in [2.05, 4.69) is 16.5 Å². The minimum atomic E-state index is -0.210. The van der Waals surface area contributed by atoms with Crippen LogP contribution in [0.3, 0.4) is 0 Å². The smallest absolute Gasteiger partial charge is 0.279 e. The molecule has 0 aliphatic carbocycles. The van der Waals surface area contributed by atoms with Gasteiger partial charge < -0.3 is 9.30 Å². The molecule has 5 heteroatoms. The molecular formula is C20H22N2O2S. The minimum Gasteiger partial charge on any atom is -0.492 e. The van der Waals surface area contributed by atoms with E-state index in [-0.39, 0.29) is 5.91 Å². The van der Waals surface area contributed by atoms with Crippen molar-refractivity contribution in [1.29, 1.82) is 0 Å². The molecule has 0 fully saturated rings. The Balaban J connectivity index is 2.16. The van der Waals surface area contributed by atoms with Crippen molar-refractivity contribution in [2.75, 3.05) is 6.61 Å². The van der Waals surface area contributed by atoms with Gasteiger partial charge in [0.05, 0.1) is 11.3 Å². The summed E-state index contributed by atoms with van der Waals surface area (Å²) in [6.07, 6.45) is 0.956. The van der Waals surface area contributed by atoms with Crippen LogP contribution in [0.25, 0.3) is 10.2 Å². The zero-order valence-electron chi connectivity index (χ0n) is 14.8. The van der Waals surface area contributed by atoms with Crippen LogP contribution < -0.4 is 9.54 Å². The predicted molar refractivity (Wildman–Crippen MR) is 102 cm³/mol. The van der Waals surface area contributed by atoms with E-state index in [1.165, 1.54) is 11.3 Å². The number of nitrogens with zero attached hydrogens (tertiary/aromatic N) is 2. The van der Waals surface area contributed by atoms with Crippen LogP contribution in [0.2, 0.25) is 0 Å². The zero-order chi connectivity index (χ0) is 17.8. The van der Waals surface area contributed by atoms with Crippen LogP contribution in [0, 0.1) is 6.92 Å². The highest BCUT2D eigenvalue weighted by molar-refractivity contribution is 7.16. The summed E-state index contributed by atoms with van der Waals surface area (Å²) >= 11 is 1.53. The molecule has 0 unspecified atom stereocenters. The SMILES string of the molecule is CCCn1c(=NC(=O)c2cccc(C)c2)sc2cccc(OCC)c21. The first-order valence-corrected chi connectivity index (χ1v) is 9.36. The number of hydrogen-bond donors (Lipinski definition) is 0. The van der Waals surface area contributed by atoms with Gasteiger partial charge in [0.2, 0.25) is 0 Å². The van der Waals surface area contributed by atoms with Gasteiger partial charge in [-0.05, 0) is 44.5 Å². The van der Waals surface area contributed by atoms with E-state index in [4.69, 9.17) is 4.74 Å². The van der Waals surface area contributed by atoms with Gasteiger partial charge in [-0.1, -0.05) is 42.0 Å². The lowest BCUT2D eigenvalue weighted by atomic mass is 10.1. The van der Waals surface area contributed by atoms with Crippen LogP contribution in [0.1, 0.15) is 36.2 Å². The molecule has 1 aromatic heterocycles. The Labute approximate surface area is 151 Å². The first kappa shape index (κ1) is 17.4. The van der Waals surface area contributed by atoms with Crippen molar-refractivity contribution in [2.24, 2.45) is 4.99 Å². The molecule has 2 aromatic carbocycles. The maximum atomic E-state index is 12.6. The van der Waals surface area contributed by atoms with Crippen molar-refractivity contribution in [2.45, 2.75) is 33.7 Å². The second-order valence-corrected chi connectivity index (χ2v) is 6.87. The van der Waals surface area contributed by atoms with Gasteiger partial charge in [0.1, 0.15) is 11.3 Å². The standard InChI is InChI=1S/C20H22N2O2S/c1-4-12-22-18-16(24-5-2)10-7-11-17(18)25-20(22)21-19(23)15-9-6-8-14(3)13-15/h6-11,13H,4-5,12H2,1-3H3. The molecule has 1 heterocycles. The summed E-state index contributed by atoms with van der Waals surface area (Å²) in [5, 5.41) is 0. The Morgan fingerprint density at radius 2 is 2.00 bits per heavy atom. The van der Waals surface area contributed by atoms with E-state index in [9.17, 15) is 4.79 Å². The first-order chi connectivity index (χ1) is 12.1. The molecule has 0 bridgehead atoms. The molecule has 4 nitrogen and oxygen atoms in total. The van der Waals surface area contributed by atoms with Gasteiger partial charge >= 0.3 is 0 Å². The Morgan fingerprint density at radius 1 is 1.20 bits per heavy atom. The number of amides is 1. The Kier molecular flexibility index (Phi) is 5.34. The third kappa shape index (κ3) is 3.66. The summed E-state index contributed by atoms with van der Waals surface area (Å²) in [6, 6.07) is 13.5. The average molecular weight is 354 g/mol. The fourth-order valence-electron chi connectivity index (χ4n) is 2.82. The Bertz CT molecular complexity index is 969. The lowest BCUT2D eigenvalue weighted by Crippen LogP contribution is -2.17. The topological polar surface area (TPSA) is 43.6 Å². The number of carbonyl (C=O) groups excluding carboxylic acids is 1. The van der Waals surface area contributed by atoms with Crippen LogP contribution in [0.15, 0.2) is 47.5 Å². The van der Waals surface area contributed by atoms with Crippen LogP contribution >= 0.6 is 11.3 Å². The van der Waals surface area contributed by atoms with E-state index in [1.807, 2.05) is 56.3 Å². The molecule has 0 saturated carbocycles. The summed E-state index contributed by atoms with van der Waals surface area (Å²) in [7, 11) is 0. The maximum absolute atomic E-state index is 12.6. The molecule has 0 atom stereocenters. The number of para-hydroxylation sites is 1. The van der Waals surface area contributed by atoms with E-state index in [0.29, 0.717) is 12.2 Å². The van der Waals surface area contributed by atoms with E-state index in [1.54, 1.807) is 0 Å². The van der Waals surface area contributed by atoms with Crippen molar-refractivity contribution in [3.63, 3.8) is 0 Å². The number of aryl methyl sites for hydroxylation is 2. The monoisotopic (exact) mass is 354 g/mol. The summed E-state index contributed by atoms with van der Waals surface area (Å²) in [5.74, 6) is 0.632. The fraction of sp³-hybridized carbons (Fsp3) is 0.300. The van der Waals surface area contributed by atoms with Gasteiger partial charge in [0.25, 0.3) is 5.91 Å². The van der Waals surface area contributed by atoms with Crippen LogP contribution in [-0.2, 0) is 6.54 Å². The number of ether oxygens (including phenoxy) is 1. The molecule has 130 valence electrons. The Morgan fingerprint density at radius 3 is 2.72 bits per heavy atom. The third-order valence-corrected chi connectivity index (χ3v) is 4.92. The second-order valence-electron chi connectivity index (χ2n) is 5.86. The highest BCUT2D eigenvalue weighted by atomic mass is 32.1. The van der Waals surface area contributed by atoms with Gasteiger partial charge in [0.15, 0.2) is 4.80 Å². The van der Waals surface area contributed by atoms with Crippen molar-refractivity contribution < 1.29 is 9.53 Å². The maximum Gasteiger partial charge on any atom is 0.279 e. The van der Waals surface area contributed by atoms with Gasteiger partial charge in [0, 0.05) is 12.1 Å². The number of benzene rings is 2. The summed E-state index contributed by atoms with van der Waals surface area (Å²) in [6.45, 7) is 7.47. The molecule has 3 rings (SSSR count). The van der Waals surface area contributed by atoms with Crippen molar-refractivity contribution >= 4 is 27.5 Å². The van der Waals surface area contributed by atoms with Crippen LogP contribution in [0.4, 0.5) is 0 Å². The highest BCUT2D eigenvalue weighted by Crippen LogP contribution is 2.27. The van der Waals surface area contributed by atoms with Crippen molar-refractivity contribution in [1.82, 2.24) is 4.57 Å². The number of carbonyl (C=O) groups is 1. The number of thiazole rings is 1. The Hall–Kier alpha value is -2.40. The van der Waals surface area contributed by atoms with Gasteiger partial charge in [-0.15, -0.1) is 0 Å². The molecule has 25 heavy (non-hydrogen) atoms. The predicted octanol–water partition coefficient (Wildman–Crippen LogP) is 4.56. The summed E-state index contributed by atoms with van der Waals surface area (Å²) in [5.41, 5.74) is 2.69. The number of rotatable bonds is 5. The van der Waals surface area contributed by atoms with Gasteiger partial charge in [-0.3, -0.25) is 4.79 Å². The van der Waals surface area contributed by atoms with E-state index in [0.717, 1.165) is 39.3 Å². The highest BCUT2D eigenvalue weighted by Gasteiger charge is 2.12. The number of aromatic nitrogens is 1. The molecule has 0 N–H and O–H groups in total. The normalized spacial score (nSPS) is 11.9. The first-order valence-electron chi connectivity index (χ1n) is 8.55. The summed E-state index contributed by atoms with van der Waals surface area (Å²) < 4.78 is 8.96. The van der Waals surface area contributed by atoms with Crippen LogP contribution in [0.5, 0.6) is 5.75 Å². The zero-order valence-corrected chi connectivity index (χ0v) is 15.6. The van der Waals surface area contributed by atoms with Gasteiger partial charge in [-0.2, -0.15) is 4.99 Å². The molecule has 0 spiro atoms. The lowest BCUT2D eigenvalue weighted by Gasteiger charge is -2.08. The largest absolute Gasteiger partial charge is 0.492 e. The summed E-state index contributed by atoms with van der Waals surface area (Å²) in [4.78, 5) is 17.7. The second kappa shape index (κ2) is 7.66. The number of hydrogen-bond acceptors (Lipinski definition) is 3. The van der Waals surface area contributed by atoms with Gasteiger partial charge in [-0.25, -0.2) is 0 Å². The van der Waals surface area contributed by atoms with E-state index >= 15 is 0 Å². The quantitative estimate of drug-likeness (QED) is 0.674. The van der Waals surface area contributed by atoms with Crippen LogP contribution in [-0.4, -0.2) is 17.1 Å². The average Bonchev–Trinajstić information content (AvgIpc) is 2.94. The molecule has 0 aliphatic rings. The third-order valence-electron chi connectivity index (χ3n) is 3.87. The molecule has 0 saturated heterocycles. The lowest BCUT2D eigenvalue weighted by molar-refractivity contribution is 0.0997. The molecule has 3 aromatic rings. The fourth-order valence-corrected chi connectivity index (χ4v) is 3.89. The van der Waals surface area contributed by atoms with Crippen molar-refractivity contribution in [3.8, 4) is 5.75 Å². The van der Waals surface area contributed by atoms with Crippen molar-refractivity contribution in [3.05, 3.63) is 58.4 Å². The molecular weight excluding hydrogens is 332 g/mol. The molecule has 1 amide bonds.